The van der Waals surface area contributed by atoms with Gasteiger partial charge in [-0.05, 0) is 29.7 Å². The van der Waals surface area contributed by atoms with Crippen molar-refractivity contribution in [3.63, 3.8) is 0 Å². The normalized spacial score (nSPS) is 11.9. The first-order chi connectivity index (χ1) is 12.5. The fourth-order valence-corrected chi connectivity index (χ4v) is 2.70. The van der Waals surface area contributed by atoms with E-state index in [1.165, 1.54) is 6.07 Å². The number of carbonyl (C=O) groups is 2. The number of aryl methyl sites for hydroxylation is 1. The number of benzene rings is 2. The first-order valence-electron chi connectivity index (χ1n) is 8.23. The van der Waals surface area contributed by atoms with E-state index in [9.17, 15) is 14.7 Å². The Balaban J connectivity index is 1.53. The molecule has 3 aromatic rings. The largest absolute Gasteiger partial charge is 0.388 e. The smallest absolute Gasteiger partial charge is 0.314 e. The molecule has 0 aliphatic carbocycles. The van der Waals surface area contributed by atoms with Gasteiger partial charge in [-0.15, -0.1) is 0 Å². The van der Waals surface area contributed by atoms with Crippen LogP contribution in [-0.4, -0.2) is 28.6 Å². The van der Waals surface area contributed by atoms with Crippen LogP contribution >= 0.6 is 0 Å². The molecule has 2 aromatic carbocycles. The second kappa shape index (κ2) is 7.79. The Hall–Kier alpha value is -3.19. The Bertz CT molecular complexity index is 930. The Labute approximate surface area is 150 Å². The molecule has 7 nitrogen and oxygen atoms in total. The van der Waals surface area contributed by atoms with E-state index in [2.05, 4.69) is 15.8 Å². The van der Waals surface area contributed by atoms with Crippen molar-refractivity contribution in [3.8, 4) is 0 Å². The maximum absolute atomic E-state index is 11.8. The minimum Gasteiger partial charge on any atom is -0.388 e. The number of aromatic nitrogens is 1. The van der Waals surface area contributed by atoms with Gasteiger partial charge in [0.25, 0.3) is 0 Å². The molecule has 1 atom stereocenters. The third kappa shape index (κ3) is 4.07. The molecule has 0 aliphatic rings. The maximum atomic E-state index is 11.8. The Morgan fingerprint density at radius 2 is 1.92 bits per heavy atom. The zero-order valence-corrected chi connectivity index (χ0v) is 14.2. The van der Waals surface area contributed by atoms with E-state index in [1.807, 2.05) is 42.5 Å². The van der Waals surface area contributed by atoms with Crippen molar-refractivity contribution in [2.75, 3.05) is 11.9 Å². The van der Waals surface area contributed by atoms with E-state index >= 15 is 0 Å². The first kappa shape index (κ1) is 17.6. The van der Waals surface area contributed by atoms with E-state index in [4.69, 9.17) is 4.52 Å². The monoisotopic (exact) mass is 353 g/mol. The Morgan fingerprint density at radius 3 is 2.69 bits per heavy atom. The maximum Gasteiger partial charge on any atom is 0.314 e. The predicted octanol–water partition coefficient (Wildman–Crippen LogP) is 2.31. The highest BCUT2D eigenvalue weighted by Crippen LogP contribution is 2.25. The third-order valence-corrected chi connectivity index (χ3v) is 3.96. The molecule has 0 bridgehead atoms. The molecule has 3 rings (SSSR count). The van der Waals surface area contributed by atoms with Crippen LogP contribution in [0.3, 0.4) is 0 Å². The number of rotatable bonds is 5. The number of nitrogens with zero attached hydrogens (tertiary/aromatic N) is 1. The molecular formula is C19H19N3O4. The lowest BCUT2D eigenvalue weighted by molar-refractivity contribution is -0.136. The Kier molecular flexibility index (Phi) is 5.28. The molecular weight excluding hydrogens is 334 g/mol. The topological polar surface area (TPSA) is 104 Å². The van der Waals surface area contributed by atoms with Crippen LogP contribution in [0.1, 0.15) is 23.8 Å². The van der Waals surface area contributed by atoms with E-state index in [1.54, 1.807) is 6.92 Å². The molecule has 3 N–H and O–H groups in total. The summed E-state index contributed by atoms with van der Waals surface area (Å²) in [5.41, 5.74) is 0.792. The zero-order valence-electron chi connectivity index (χ0n) is 14.2. The average molecular weight is 353 g/mol. The van der Waals surface area contributed by atoms with Crippen LogP contribution in [0.15, 0.2) is 53.1 Å². The van der Waals surface area contributed by atoms with Gasteiger partial charge in [-0.25, -0.2) is 0 Å². The fraction of sp³-hybridized carbons (Fsp3) is 0.211. The number of aliphatic hydroxyl groups is 1. The highest BCUT2D eigenvalue weighted by atomic mass is 16.5. The summed E-state index contributed by atoms with van der Waals surface area (Å²) in [7, 11) is 0. The van der Waals surface area contributed by atoms with Crippen molar-refractivity contribution in [1.29, 1.82) is 0 Å². The minimum absolute atomic E-state index is 0.161. The molecule has 134 valence electrons. The number of fused-ring (bicyclic) bond motifs is 1. The summed E-state index contributed by atoms with van der Waals surface area (Å²) in [6.07, 6.45) is -0.460. The van der Waals surface area contributed by atoms with Crippen molar-refractivity contribution in [1.82, 2.24) is 10.5 Å². The molecule has 0 saturated heterocycles. The summed E-state index contributed by atoms with van der Waals surface area (Å²) in [5, 5.41) is 20.9. The van der Waals surface area contributed by atoms with Gasteiger partial charge in [-0.3, -0.25) is 14.9 Å². The van der Waals surface area contributed by atoms with E-state index in [-0.39, 0.29) is 18.8 Å². The van der Waals surface area contributed by atoms with Crippen LogP contribution in [0, 0.1) is 6.92 Å². The van der Waals surface area contributed by atoms with Crippen LogP contribution in [-0.2, 0) is 9.59 Å². The highest BCUT2D eigenvalue weighted by molar-refractivity contribution is 6.39. The fourth-order valence-electron chi connectivity index (χ4n) is 2.70. The molecule has 0 fully saturated rings. The van der Waals surface area contributed by atoms with Crippen molar-refractivity contribution in [2.45, 2.75) is 19.4 Å². The van der Waals surface area contributed by atoms with Crippen molar-refractivity contribution in [2.24, 2.45) is 0 Å². The third-order valence-electron chi connectivity index (χ3n) is 3.96. The number of aliphatic hydroxyl groups excluding tert-OH is 1. The summed E-state index contributed by atoms with van der Waals surface area (Å²) in [5.74, 6) is -0.925. The van der Waals surface area contributed by atoms with Crippen molar-refractivity contribution >= 4 is 28.4 Å². The molecule has 26 heavy (non-hydrogen) atoms. The number of hydrogen-bond acceptors (Lipinski definition) is 5. The van der Waals surface area contributed by atoms with E-state index < -0.39 is 17.9 Å². The molecule has 1 unspecified atom stereocenters. The van der Waals surface area contributed by atoms with Gasteiger partial charge in [-0.1, -0.05) is 47.6 Å². The number of carbonyl (C=O) groups excluding carboxylic acids is 2. The van der Waals surface area contributed by atoms with Crippen LogP contribution < -0.4 is 10.6 Å². The van der Waals surface area contributed by atoms with Crippen LogP contribution in [0.25, 0.3) is 10.8 Å². The molecule has 2 amide bonds. The van der Waals surface area contributed by atoms with Gasteiger partial charge in [0.1, 0.15) is 5.76 Å². The lowest BCUT2D eigenvalue weighted by Crippen LogP contribution is -2.36. The summed E-state index contributed by atoms with van der Waals surface area (Å²) >= 11 is 0. The second-order valence-electron chi connectivity index (χ2n) is 5.91. The lowest BCUT2D eigenvalue weighted by atomic mass is 9.99. The van der Waals surface area contributed by atoms with Crippen molar-refractivity contribution in [3.05, 3.63) is 59.9 Å². The first-order valence-corrected chi connectivity index (χ1v) is 8.23. The standard InChI is InChI=1S/C19H19N3O4/c1-12-11-17(22-26-12)21-19(25)18(24)20-10-9-16(23)15-8-4-6-13-5-2-3-7-14(13)15/h2-8,11,16,23H,9-10H2,1H3,(H,20,24)(H,21,22,25). The molecule has 1 aromatic heterocycles. The van der Waals surface area contributed by atoms with Gasteiger partial charge in [0.15, 0.2) is 5.82 Å². The van der Waals surface area contributed by atoms with Crippen LogP contribution in [0.2, 0.25) is 0 Å². The van der Waals surface area contributed by atoms with Gasteiger partial charge in [0.05, 0.1) is 6.10 Å². The van der Waals surface area contributed by atoms with Gasteiger partial charge < -0.3 is 14.9 Å². The Morgan fingerprint density at radius 1 is 1.15 bits per heavy atom. The van der Waals surface area contributed by atoms with Crippen LogP contribution in [0.5, 0.6) is 0 Å². The summed E-state index contributed by atoms with van der Waals surface area (Å²) in [6.45, 7) is 1.84. The molecule has 0 radical (unpaired) electrons. The van der Waals surface area contributed by atoms with Gasteiger partial charge >= 0.3 is 11.8 Å². The predicted molar refractivity (Wildman–Crippen MR) is 96.4 cm³/mol. The highest BCUT2D eigenvalue weighted by Gasteiger charge is 2.16. The zero-order chi connectivity index (χ0) is 18.5. The summed E-state index contributed by atoms with van der Waals surface area (Å²) in [6, 6.07) is 15.0. The molecule has 0 spiro atoms. The molecule has 0 aliphatic heterocycles. The number of amides is 2. The average Bonchev–Trinajstić information content (AvgIpc) is 3.05. The van der Waals surface area contributed by atoms with Gasteiger partial charge in [0, 0.05) is 12.6 Å². The number of anilines is 1. The van der Waals surface area contributed by atoms with Gasteiger partial charge in [0.2, 0.25) is 0 Å². The lowest BCUT2D eigenvalue weighted by Gasteiger charge is -2.14. The SMILES string of the molecule is Cc1cc(NC(=O)C(=O)NCCC(O)c2cccc3ccccc23)no1. The summed E-state index contributed by atoms with van der Waals surface area (Å²) < 4.78 is 4.81. The number of nitrogens with one attached hydrogen (secondary N) is 2. The van der Waals surface area contributed by atoms with E-state index in [0.29, 0.717) is 5.76 Å². The minimum atomic E-state index is -0.835. The van der Waals surface area contributed by atoms with E-state index in [0.717, 1.165) is 16.3 Å². The molecule has 7 heteroatoms. The van der Waals surface area contributed by atoms with Crippen LogP contribution in [0.4, 0.5) is 5.82 Å². The molecule has 0 saturated carbocycles. The van der Waals surface area contributed by atoms with Gasteiger partial charge in [-0.2, -0.15) is 0 Å². The van der Waals surface area contributed by atoms with Crippen molar-refractivity contribution < 1.29 is 19.2 Å². The quantitative estimate of drug-likeness (QED) is 0.611. The second-order valence-corrected chi connectivity index (χ2v) is 5.91. The molecule has 1 heterocycles. The summed E-state index contributed by atoms with van der Waals surface area (Å²) in [4.78, 5) is 23.6. The number of hydrogen-bond donors (Lipinski definition) is 3.